The van der Waals surface area contributed by atoms with E-state index in [-0.39, 0.29) is 21.0 Å². The summed E-state index contributed by atoms with van der Waals surface area (Å²) in [6, 6.07) is 1.21. The Labute approximate surface area is 82.7 Å². The summed E-state index contributed by atoms with van der Waals surface area (Å²) in [5.41, 5.74) is 0. The monoisotopic (exact) mass is 252 g/mol. The highest BCUT2D eigenvalue weighted by atomic mass is 79.9. The van der Waals surface area contributed by atoms with Crippen LogP contribution in [0.4, 0.5) is 0 Å². The molecule has 0 aliphatic carbocycles. The van der Waals surface area contributed by atoms with Crippen LogP contribution < -0.4 is 4.74 Å². The molecule has 0 fully saturated rings. The summed E-state index contributed by atoms with van der Waals surface area (Å²) in [6.45, 7) is 0. The van der Waals surface area contributed by atoms with E-state index in [1.807, 2.05) is 0 Å². The molecular weight excluding hydrogens is 247 g/mol. The summed E-state index contributed by atoms with van der Waals surface area (Å²) < 4.78 is 5.11. The lowest BCUT2D eigenvalue weighted by Gasteiger charge is -2.07. The summed E-state index contributed by atoms with van der Waals surface area (Å²) in [5, 5.41) is 18.5. The molecule has 0 aliphatic rings. The molecule has 66 valence electrons. The number of methoxy groups -OCH3 is 1. The average molecular weight is 253 g/mol. The van der Waals surface area contributed by atoms with E-state index in [1.165, 1.54) is 13.2 Å². The lowest BCUT2D eigenvalue weighted by Crippen LogP contribution is -1.86. The van der Waals surface area contributed by atoms with Crippen LogP contribution in [0.1, 0.15) is 0 Å². The van der Waals surface area contributed by atoms with Crippen LogP contribution in [-0.4, -0.2) is 17.3 Å². The molecule has 1 rings (SSSR count). The number of benzene rings is 1. The molecule has 0 atom stereocenters. The normalized spacial score (nSPS) is 9.92. The minimum Gasteiger partial charge on any atom is -0.504 e. The lowest BCUT2D eigenvalue weighted by molar-refractivity contribution is 0.382. The van der Waals surface area contributed by atoms with Crippen molar-refractivity contribution in [2.45, 2.75) is 0 Å². The standard InChI is InChI=1S/C7H6BrClO3/c1-12-7-3(9)2-4(10)6(11)5(7)8/h2,10-11H,1H3. The molecule has 0 saturated heterocycles. The average Bonchev–Trinajstić information content (AvgIpc) is 2.01. The van der Waals surface area contributed by atoms with Crippen molar-refractivity contribution in [3.8, 4) is 17.2 Å². The smallest absolute Gasteiger partial charge is 0.175 e. The van der Waals surface area contributed by atoms with Crippen LogP contribution in [0, 0.1) is 0 Å². The van der Waals surface area contributed by atoms with Gasteiger partial charge in [-0.2, -0.15) is 0 Å². The van der Waals surface area contributed by atoms with Crippen LogP contribution in [0.25, 0.3) is 0 Å². The molecule has 5 heteroatoms. The Kier molecular flexibility index (Phi) is 2.69. The van der Waals surface area contributed by atoms with E-state index in [2.05, 4.69) is 15.9 Å². The van der Waals surface area contributed by atoms with E-state index >= 15 is 0 Å². The number of rotatable bonds is 1. The third kappa shape index (κ3) is 1.44. The lowest BCUT2D eigenvalue weighted by atomic mass is 10.3. The summed E-state index contributed by atoms with van der Waals surface area (Å²) in [7, 11) is 1.42. The van der Waals surface area contributed by atoms with Gasteiger partial charge in [0.05, 0.1) is 12.1 Å². The summed E-state index contributed by atoms with van der Waals surface area (Å²) in [6.07, 6.45) is 0. The van der Waals surface area contributed by atoms with Crippen molar-refractivity contribution in [3.05, 3.63) is 15.6 Å². The second-order valence-electron chi connectivity index (χ2n) is 2.07. The zero-order valence-electron chi connectivity index (χ0n) is 6.14. The molecular formula is C7H6BrClO3. The molecule has 0 aromatic heterocycles. The van der Waals surface area contributed by atoms with Crippen molar-refractivity contribution in [2.75, 3.05) is 7.11 Å². The van der Waals surface area contributed by atoms with Crippen LogP contribution >= 0.6 is 27.5 Å². The first kappa shape index (κ1) is 9.48. The van der Waals surface area contributed by atoms with Crippen LogP contribution in [0.2, 0.25) is 5.02 Å². The molecule has 0 amide bonds. The molecule has 12 heavy (non-hydrogen) atoms. The number of phenols is 2. The molecule has 0 saturated carbocycles. The number of aromatic hydroxyl groups is 2. The van der Waals surface area contributed by atoms with Crippen LogP contribution in [0.15, 0.2) is 10.5 Å². The Morgan fingerprint density at radius 2 is 2.08 bits per heavy atom. The van der Waals surface area contributed by atoms with Gasteiger partial charge in [-0.25, -0.2) is 0 Å². The van der Waals surface area contributed by atoms with Gasteiger partial charge in [0.15, 0.2) is 17.2 Å². The van der Waals surface area contributed by atoms with Crippen molar-refractivity contribution < 1.29 is 14.9 Å². The number of hydrogen-bond donors (Lipinski definition) is 2. The van der Waals surface area contributed by atoms with Gasteiger partial charge in [0, 0.05) is 6.07 Å². The molecule has 0 unspecified atom stereocenters. The Hall–Kier alpha value is -0.610. The van der Waals surface area contributed by atoms with E-state index in [0.717, 1.165) is 0 Å². The minimum atomic E-state index is -0.285. The van der Waals surface area contributed by atoms with Crippen molar-refractivity contribution in [3.63, 3.8) is 0 Å². The molecule has 3 nitrogen and oxygen atoms in total. The maximum Gasteiger partial charge on any atom is 0.175 e. The number of halogens is 2. The maximum atomic E-state index is 9.21. The Morgan fingerprint density at radius 3 is 2.58 bits per heavy atom. The fourth-order valence-corrected chi connectivity index (χ4v) is 1.73. The van der Waals surface area contributed by atoms with Gasteiger partial charge in [0.1, 0.15) is 4.47 Å². The first-order chi connectivity index (χ1) is 5.57. The number of hydrogen-bond acceptors (Lipinski definition) is 3. The summed E-state index contributed by atoms with van der Waals surface area (Å²) in [4.78, 5) is 0. The third-order valence-electron chi connectivity index (χ3n) is 1.33. The first-order valence-electron chi connectivity index (χ1n) is 3.01. The van der Waals surface area contributed by atoms with Gasteiger partial charge in [-0.05, 0) is 15.9 Å². The molecule has 0 heterocycles. The van der Waals surface area contributed by atoms with Gasteiger partial charge < -0.3 is 14.9 Å². The quantitative estimate of drug-likeness (QED) is 0.756. The molecule has 0 aliphatic heterocycles. The zero-order chi connectivity index (χ0) is 9.30. The molecule has 1 aromatic carbocycles. The summed E-state index contributed by atoms with van der Waals surface area (Å²) in [5.74, 6) is -0.268. The minimum absolute atomic E-state index is 0.236. The van der Waals surface area contributed by atoms with E-state index in [9.17, 15) is 5.11 Å². The highest BCUT2D eigenvalue weighted by Crippen LogP contribution is 2.44. The van der Waals surface area contributed by atoms with E-state index in [1.54, 1.807) is 0 Å². The highest BCUT2D eigenvalue weighted by molar-refractivity contribution is 9.10. The Balaban J connectivity index is 3.40. The van der Waals surface area contributed by atoms with Gasteiger partial charge in [-0.3, -0.25) is 0 Å². The Bertz CT molecular complexity index is 314. The van der Waals surface area contributed by atoms with Gasteiger partial charge in [0.2, 0.25) is 0 Å². The van der Waals surface area contributed by atoms with Crippen molar-refractivity contribution in [1.82, 2.24) is 0 Å². The summed E-state index contributed by atoms with van der Waals surface area (Å²) >= 11 is 8.70. The largest absolute Gasteiger partial charge is 0.504 e. The van der Waals surface area contributed by atoms with Crippen molar-refractivity contribution in [1.29, 1.82) is 0 Å². The molecule has 2 N–H and O–H groups in total. The van der Waals surface area contributed by atoms with Crippen molar-refractivity contribution in [2.24, 2.45) is 0 Å². The number of ether oxygens (including phenoxy) is 1. The predicted molar refractivity (Wildman–Crippen MR) is 49.0 cm³/mol. The van der Waals surface area contributed by atoms with E-state index in [0.29, 0.717) is 5.75 Å². The van der Waals surface area contributed by atoms with E-state index in [4.69, 9.17) is 21.4 Å². The highest BCUT2D eigenvalue weighted by Gasteiger charge is 2.14. The Morgan fingerprint density at radius 1 is 1.50 bits per heavy atom. The van der Waals surface area contributed by atoms with Gasteiger partial charge >= 0.3 is 0 Å². The maximum absolute atomic E-state index is 9.21. The van der Waals surface area contributed by atoms with Gasteiger partial charge in [-0.15, -0.1) is 0 Å². The topological polar surface area (TPSA) is 49.7 Å². The van der Waals surface area contributed by atoms with Crippen molar-refractivity contribution >= 4 is 27.5 Å². The molecule has 0 radical (unpaired) electrons. The molecule has 0 bridgehead atoms. The van der Waals surface area contributed by atoms with Crippen LogP contribution in [0.3, 0.4) is 0 Å². The van der Waals surface area contributed by atoms with Gasteiger partial charge in [0.25, 0.3) is 0 Å². The fourth-order valence-electron chi connectivity index (χ4n) is 0.766. The van der Waals surface area contributed by atoms with Crippen LogP contribution in [-0.2, 0) is 0 Å². The molecule has 1 aromatic rings. The van der Waals surface area contributed by atoms with Gasteiger partial charge in [-0.1, -0.05) is 11.6 Å². The predicted octanol–water partition coefficient (Wildman–Crippen LogP) is 2.52. The van der Waals surface area contributed by atoms with Crippen LogP contribution in [0.5, 0.6) is 17.2 Å². The first-order valence-corrected chi connectivity index (χ1v) is 4.19. The SMILES string of the molecule is COc1c(Cl)cc(O)c(O)c1Br. The van der Waals surface area contributed by atoms with E-state index < -0.39 is 0 Å². The zero-order valence-corrected chi connectivity index (χ0v) is 8.48. The fraction of sp³-hybridized carbons (Fsp3) is 0.143. The molecule has 0 spiro atoms. The second-order valence-corrected chi connectivity index (χ2v) is 3.27. The third-order valence-corrected chi connectivity index (χ3v) is 2.35. The second kappa shape index (κ2) is 3.41. The number of phenolic OH excluding ortho intramolecular Hbond substituents is 2.